The highest BCUT2D eigenvalue weighted by Crippen LogP contribution is 2.10. The molecular formula is C14H20N4O2S. The lowest BCUT2D eigenvalue weighted by molar-refractivity contribution is -0.137. The number of aliphatic carboxylic acids is 1. The Morgan fingerprint density at radius 2 is 2.05 bits per heavy atom. The molecule has 7 heteroatoms. The zero-order valence-electron chi connectivity index (χ0n) is 12.2. The summed E-state index contributed by atoms with van der Waals surface area (Å²) >= 11 is 5.01. The van der Waals surface area contributed by atoms with Crippen molar-refractivity contribution in [2.75, 3.05) is 25.5 Å². The summed E-state index contributed by atoms with van der Waals surface area (Å²) < 4.78 is 0. The number of rotatable bonds is 7. The number of anilines is 1. The highest BCUT2D eigenvalue weighted by molar-refractivity contribution is 7.80. The van der Waals surface area contributed by atoms with E-state index >= 15 is 0 Å². The van der Waals surface area contributed by atoms with Crippen LogP contribution in [0.2, 0.25) is 0 Å². The number of thiocarbonyl (C=S) groups is 1. The Kier molecular flexibility index (Phi) is 7.17. The molecule has 0 atom stereocenters. The lowest BCUT2D eigenvalue weighted by atomic mass is 10.2. The van der Waals surface area contributed by atoms with Gasteiger partial charge in [-0.1, -0.05) is 12.1 Å². The molecule has 0 radical (unpaired) electrons. The van der Waals surface area contributed by atoms with Crippen LogP contribution in [0.4, 0.5) is 5.69 Å². The summed E-state index contributed by atoms with van der Waals surface area (Å²) in [4.78, 5) is 12.4. The van der Waals surface area contributed by atoms with Gasteiger partial charge in [-0.3, -0.25) is 10.2 Å². The molecule has 0 saturated heterocycles. The van der Waals surface area contributed by atoms with Crippen LogP contribution in [0, 0.1) is 0 Å². The fourth-order valence-electron chi connectivity index (χ4n) is 1.51. The van der Waals surface area contributed by atoms with Crippen molar-refractivity contribution in [3.63, 3.8) is 0 Å². The SMILES string of the molecule is CN(C)c1ccc(/C=N/NC(=S)NCCCC(=O)O)cc1. The van der Waals surface area contributed by atoms with Crippen molar-refractivity contribution < 1.29 is 9.90 Å². The van der Waals surface area contributed by atoms with E-state index in [-0.39, 0.29) is 6.42 Å². The van der Waals surface area contributed by atoms with Crippen molar-refractivity contribution >= 4 is 35.2 Å². The molecule has 0 aromatic heterocycles. The number of benzene rings is 1. The molecule has 114 valence electrons. The Balaban J connectivity index is 2.30. The van der Waals surface area contributed by atoms with Crippen LogP contribution in [0.1, 0.15) is 18.4 Å². The lowest BCUT2D eigenvalue weighted by Gasteiger charge is -2.11. The minimum atomic E-state index is -0.810. The molecule has 0 amide bonds. The predicted octanol–water partition coefficient (Wildman–Crippen LogP) is 1.42. The molecule has 1 aromatic rings. The van der Waals surface area contributed by atoms with Crippen molar-refractivity contribution in [2.45, 2.75) is 12.8 Å². The van der Waals surface area contributed by atoms with Crippen molar-refractivity contribution in [3.05, 3.63) is 29.8 Å². The number of nitrogens with zero attached hydrogens (tertiary/aromatic N) is 2. The van der Waals surface area contributed by atoms with Crippen LogP contribution in [-0.2, 0) is 4.79 Å². The maximum Gasteiger partial charge on any atom is 0.303 e. The van der Waals surface area contributed by atoms with E-state index in [2.05, 4.69) is 15.8 Å². The first-order valence-corrected chi connectivity index (χ1v) is 6.96. The minimum Gasteiger partial charge on any atom is -0.481 e. The smallest absolute Gasteiger partial charge is 0.303 e. The quantitative estimate of drug-likeness (QED) is 0.306. The maximum atomic E-state index is 10.3. The number of hydrogen-bond acceptors (Lipinski definition) is 4. The monoisotopic (exact) mass is 308 g/mol. The summed E-state index contributed by atoms with van der Waals surface area (Å²) in [5, 5.41) is 15.8. The fourth-order valence-corrected chi connectivity index (χ4v) is 1.66. The molecule has 0 aliphatic carbocycles. The van der Waals surface area contributed by atoms with Crippen LogP contribution in [0.5, 0.6) is 0 Å². The van der Waals surface area contributed by atoms with Crippen LogP contribution in [-0.4, -0.2) is 43.0 Å². The van der Waals surface area contributed by atoms with E-state index in [4.69, 9.17) is 17.3 Å². The molecule has 0 heterocycles. The van der Waals surface area contributed by atoms with E-state index in [0.717, 1.165) is 11.3 Å². The normalized spacial score (nSPS) is 10.4. The Bertz CT molecular complexity index is 500. The first-order valence-electron chi connectivity index (χ1n) is 6.55. The van der Waals surface area contributed by atoms with Crippen LogP contribution < -0.4 is 15.6 Å². The third-order valence-corrected chi connectivity index (χ3v) is 2.88. The summed E-state index contributed by atoms with van der Waals surface area (Å²) in [5.41, 5.74) is 4.77. The van der Waals surface area contributed by atoms with E-state index < -0.39 is 5.97 Å². The van der Waals surface area contributed by atoms with Crippen molar-refractivity contribution in [1.82, 2.24) is 10.7 Å². The van der Waals surface area contributed by atoms with Crippen molar-refractivity contribution in [1.29, 1.82) is 0 Å². The zero-order valence-corrected chi connectivity index (χ0v) is 13.0. The third-order valence-electron chi connectivity index (χ3n) is 2.64. The van der Waals surface area contributed by atoms with Gasteiger partial charge in [0.2, 0.25) is 0 Å². The third kappa shape index (κ3) is 7.26. The molecule has 1 rings (SSSR count). The zero-order chi connectivity index (χ0) is 15.7. The Labute approximate surface area is 129 Å². The van der Waals surface area contributed by atoms with Crippen LogP contribution in [0.15, 0.2) is 29.4 Å². The summed E-state index contributed by atoms with van der Waals surface area (Å²) in [6, 6.07) is 7.93. The topological polar surface area (TPSA) is 77.0 Å². The van der Waals surface area contributed by atoms with Gasteiger partial charge in [0.05, 0.1) is 6.21 Å². The molecule has 0 unspecified atom stereocenters. The summed E-state index contributed by atoms with van der Waals surface area (Å²) in [6.07, 6.45) is 2.31. The van der Waals surface area contributed by atoms with E-state index in [9.17, 15) is 4.79 Å². The second-order valence-corrected chi connectivity index (χ2v) is 5.02. The van der Waals surface area contributed by atoms with Gasteiger partial charge >= 0.3 is 5.97 Å². The number of hydrogen-bond donors (Lipinski definition) is 3. The molecule has 6 nitrogen and oxygen atoms in total. The Hall–Kier alpha value is -2.15. The average Bonchev–Trinajstić information content (AvgIpc) is 2.44. The van der Waals surface area contributed by atoms with Gasteiger partial charge < -0.3 is 15.3 Å². The van der Waals surface area contributed by atoms with E-state index in [1.807, 2.05) is 43.3 Å². The summed E-state index contributed by atoms with van der Waals surface area (Å²) in [5.74, 6) is -0.810. The molecule has 0 aliphatic heterocycles. The minimum absolute atomic E-state index is 0.122. The number of carbonyl (C=O) groups is 1. The van der Waals surface area contributed by atoms with Gasteiger partial charge in [0.1, 0.15) is 0 Å². The van der Waals surface area contributed by atoms with Crippen LogP contribution >= 0.6 is 12.2 Å². The maximum absolute atomic E-state index is 10.3. The second kappa shape index (κ2) is 8.91. The van der Waals surface area contributed by atoms with Crippen molar-refractivity contribution in [3.8, 4) is 0 Å². The molecule has 3 N–H and O–H groups in total. The van der Waals surface area contributed by atoms with Gasteiger partial charge in [-0.05, 0) is 36.3 Å². The summed E-state index contributed by atoms with van der Waals surface area (Å²) in [7, 11) is 3.97. The van der Waals surface area contributed by atoms with E-state index in [1.165, 1.54) is 0 Å². The van der Waals surface area contributed by atoms with Gasteiger partial charge in [-0.15, -0.1) is 0 Å². The number of hydrazone groups is 1. The second-order valence-electron chi connectivity index (χ2n) is 4.61. The fraction of sp³-hybridized carbons (Fsp3) is 0.357. The molecule has 0 fully saturated rings. The first kappa shape index (κ1) is 16.9. The molecule has 0 bridgehead atoms. The molecule has 0 saturated carbocycles. The molecule has 0 aliphatic rings. The molecular weight excluding hydrogens is 288 g/mol. The Morgan fingerprint density at radius 1 is 1.38 bits per heavy atom. The van der Waals surface area contributed by atoms with Crippen LogP contribution in [0.3, 0.4) is 0 Å². The van der Waals surface area contributed by atoms with E-state index in [0.29, 0.717) is 18.1 Å². The Morgan fingerprint density at radius 3 is 2.62 bits per heavy atom. The first-order chi connectivity index (χ1) is 9.99. The highest BCUT2D eigenvalue weighted by Gasteiger charge is 1.97. The van der Waals surface area contributed by atoms with Gasteiger partial charge in [0.15, 0.2) is 5.11 Å². The van der Waals surface area contributed by atoms with Crippen LogP contribution in [0.25, 0.3) is 0 Å². The van der Waals surface area contributed by atoms with Gasteiger partial charge in [0.25, 0.3) is 0 Å². The predicted molar refractivity (Wildman–Crippen MR) is 89.0 cm³/mol. The average molecular weight is 308 g/mol. The standard InChI is InChI=1S/C14H20N4O2S/c1-18(2)12-7-5-11(6-8-12)10-16-17-14(21)15-9-3-4-13(19)20/h5-8,10H,3-4,9H2,1-2H3,(H,19,20)(H2,15,17,21)/b16-10+. The number of nitrogens with one attached hydrogen (secondary N) is 2. The van der Waals surface area contributed by atoms with Gasteiger partial charge in [-0.2, -0.15) is 5.10 Å². The highest BCUT2D eigenvalue weighted by atomic mass is 32.1. The summed E-state index contributed by atoms with van der Waals surface area (Å²) in [6.45, 7) is 0.505. The molecule has 1 aromatic carbocycles. The van der Waals surface area contributed by atoms with E-state index in [1.54, 1.807) is 6.21 Å². The lowest BCUT2D eigenvalue weighted by Crippen LogP contribution is -2.32. The number of carboxylic acids is 1. The number of carboxylic acid groups (broad SMARTS) is 1. The molecule has 21 heavy (non-hydrogen) atoms. The van der Waals surface area contributed by atoms with Gasteiger partial charge in [-0.25, -0.2) is 0 Å². The molecule has 0 spiro atoms. The van der Waals surface area contributed by atoms with Gasteiger partial charge in [0, 0.05) is 32.7 Å². The van der Waals surface area contributed by atoms with Crippen molar-refractivity contribution in [2.24, 2.45) is 5.10 Å². The largest absolute Gasteiger partial charge is 0.481 e.